The maximum Gasteiger partial charge on any atom is 0.270 e. The molecule has 2 amide bonds. The molecular weight excluding hydrogens is 368 g/mol. The number of benzene rings is 1. The lowest BCUT2D eigenvalue weighted by Gasteiger charge is -2.44. The minimum absolute atomic E-state index is 0.361. The van der Waals surface area contributed by atoms with Crippen LogP contribution in [0.25, 0.3) is 10.9 Å². The number of hydrazine groups is 1. The van der Waals surface area contributed by atoms with Gasteiger partial charge in [0.1, 0.15) is 11.4 Å². The van der Waals surface area contributed by atoms with Crippen molar-refractivity contribution in [3.8, 4) is 5.88 Å². The maximum atomic E-state index is 12.4. The molecule has 0 bridgehead atoms. The van der Waals surface area contributed by atoms with E-state index in [-0.39, 0.29) is 5.91 Å². The van der Waals surface area contributed by atoms with Gasteiger partial charge in [0.15, 0.2) is 0 Å². The van der Waals surface area contributed by atoms with Crippen molar-refractivity contribution in [3.05, 3.63) is 66.0 Å². The number of ether oxygens (including phenoxy) is 1. The van der Waals surface area contributed by atoms with E-state index >= 15 is 0 Å². The fourth-order valence-corrected chi connectivity index (χ4v) is 3.40. The molecule has 0 spiro atoms. The molecule has 4 rings (SSSR count). The second-order valence-corrected chi connectivity index (χ2v) is 6.48. The van der Waals surface area contributed by atoms with Crippen molar-refractivity contribution in [2.24, 2.45) is 0 Å². The Morgan fingerprint density at radius 2 is 1.96 bits per heavy atom. The van der Waals surface area contributed by atoms with Crippen LogP contribution in [0.15, 0.2) is 54.9 Å². The van der Waals surface area contributed by atoms with Gasteiger partial charge in [-0.1, -0.05) is 18.2 Å². The van der Waals surface area contributed by atoms with Gasteiger partial charge in [-0.2, -0.15) is 0 Å². The van der Waals surface area contributed by atoms with Crippen LogP contribution in [-0.2, 0) is 4.79 Å². The topological polar surface area (TPSA) is 84.4 Å². The first-order chi connectivity index (χ1) is 13.1. The van der Waals surface area contributed by atoms with E-state index in [9.17, 15) is 9.59 Å². The van der Waals surface area contributed by atoms with Gasteiger partial charge in [0, 0.05) is 28.9 Å². The van der Waals surface area contributed by atoms with E-state index in [1.807, 2.05) is 30.3 Å². The number of carbonyl (C=O) groups excluding carboxylic acids is 2. The molecule has 0 radical (unpaired) electrons. The number of nitrogens with zero attached hydrogens (tertiary/aromatic N) is 3. The molecule has 0 saturated carbocycles. The summed E-state index contributed by atoms with van der Waals surface area (Å²) in [6, 6.07) is 12.0. The van der Waals surface area contributed by atoms with Crippen LogP contribution in [-0.4, -0.2) is 39.3 Å². The largest absolute Gasteiger partial charge is 0.481 e. The molecule has 0 aliphatic carbocycles. The molecule has 3 aromatic rings. The Morgan fingerprint density at radius 3 is 2.70 bits per heavy atom. The molecule has 2 unspecified atom stereocenters. The summed E-state index contributed by atoms with van der Waals surface area (Å²) in [7, 11) is 1.50. The van der Waals surface area contributed by atoms with Crippen molar-refractivity contribution < 1.29 is 14.3 Å². The van der Waals surface area contributed by atoms with Crippen LogP contribution in [0.3, 0.4) is 0 Å². The summed E-state index contributed by atoms with van der Waals surface area (Å²) >= 11 is 6.27. The number of para-hydroxylation sites is 1. The van der Waals surface area contributed by atoms with Crippen LogP contribution in [0.4, 0.5) is 0 Å². The summed E-state index contributed by atoms with van der Waals surface area (Å²) in [5.74, 6) is -0.452. The number of hydrogen-bond acceptors (Lipinski definition) is 5. The smallest absolute Gasteiger partial charge is 0.270 e. The Kier molecular flexibility index (Phi) is 4.37. The number of aromatic nitrogens is 2. The first kappa shape index (κ1) is 17.2. The minimum Gasteiger partial charge on any atom is -0.481 e. The van der Waals surface area contributed by atoms with Gasteiger partial charge < -0.3 is 4.74 Å². The molecular formula is C19H15ClN4O3. The van der Waals surface area contributed by atoms with E-state index in [0.29, 0.717) is 17.0 Å². The monoisotopic (exact) mass is 382 g/mol. The Morgan fingerprint density at radius 1 is 1.22 bits per heavy atom. The molecule has 1 aromatic carbocycles. The lowest BCUT2D eigenvalue weighted by atomic mass is 9.95. The number of amides is 2. The quantitative estimate of drug-likeness (QED) is 0.553. The molecule has 1 saturated heterocycles. The molecule has 8 heteroatoms. The average Bonchev–Trinajstić information content (AvgIpc) is 2.72. The number of halogens is 1. The Labute approximate surface area is 159 Å². The second-order valence-electron chi connectivity index (χ2n) is 6.01. The van der Waals surface area contributed by atoms with Gasteiger partial charge in [0.05, 0.1) is 12.6 Å². The average molecular weight is 383 g/mol. The number of alkyl halides is 1. The van der Waals surface area contributed by atoms with Crippen LogP contribution < -0.4 is 10.2 Å². The maximum absolute atomic E-state index is 12.4. The van der Waals surface area contributed by atoms with Gasteiger partial charge >= 0.3 is 0 Å². The van der Waals surface area contributed by atoms with Crippen molar-refractivity contribution in [3.63, 3.8) is 0 Å². The Hall–Kier alpha value is -3.19. The van der Waals surface area contributed by atoms with Crippen molar-refractivity contribution in [2.75, 3.05) is 7.11 Å². The highest BCUT2D eigenvalue weighted by atomic mass is 35.5. The third-order valence-electron chi connectivity index (χ3n) is 4.42. The Balaban J connectivity index is 1.68. The number of hydrogen-bond donors (Lipinski definition) is 1. The third kappa shape index (κ3) is 2.96. The summed E-state index contributed by atoms with van der Waals surface area (Å²) < 4.78 is 5.40. The molecule has 1 fully saturated rings. The summed E-state index contributed by atoms with van der Waals surface area (Å²) in [5, 5.41) is 1.28. The molecule has 7 nitrogen and oxygen atoms in total. The minimum atomic E-state index is -0.820. The molecule has 3 heterocycles. The normalized spacial score (nSPS) is 18.9. The summed E-state index contributed by atoms with van der Waals surface area (Å²) in [6.07, 6.45) is 3.01. The van der Waals surface area contributed by atoms with Crippen molar-refractivity contribution in [2.45, 2.75) is 11.4 Å². The standard InChI is InChI=1S/C19H15ClN4O3/c1-27-18-13(10-12-4-2-3-5-14(12)22-18)16-15(20)19(26)24(16)23-17(25)11-6-8-21-9-7-11/h2-10,15-16H,1H3,(H,23,25). The van der Waals surface area contributed by atoms with Gasteiger partial charge in [-0.05, 0) is 24.3 Å². The van der Waals surface area contributed by atoms with Gasteiger partial charge in [0.25, 0.3) is 11.8 Å². The number of carbonyl (C=O) groups is 2. The number of fused-ring (bicyclic) bond motifs is 1. The zero-order valence-corrected chi connectivity index (χ0v) is 15.1. The summed E-state index contributed by atoms with van der Waals surface area (Å²) in [4.78, 5) is 33.1. The molecule has 2 atom stereocenters. The highest BCUT2D eigenvalue weighted by molar-refractivity contribution is 6.33. The first-order valence-electron chi connectivity index (χ1n) is 8.22. The van der Waals surface area contributed by atoms with E-state index in [4.69, 9.17) is 16.3 Å². The van der Waals surface area contributed by atoms with E-state index in [1.54, 1.807) is 12.1 Å². The highest BCUT2D eigenvalue weighted by Crippen LogP contribution is 2.41. The van der Waals surface area contributed by atoms with E-state index in [0.717, 1.165) is 10.9 Å². The van der Waals surface area contributed by atoms with Gasteiger partial charge in [-0.3, -0.25) is 20.0 Å². The predicted molar refractivity (Wildman–Crippen MR) is 99.2 cm³/mol. The van der Waals surface area contributed by atoms with Crippen LogP contribution in [0.5, 0.6) is 5.88 Å². The van der Waals surface area contributed by atoms with Gasteiger partial charge in [-0.15, -0.1) is 11.6 Å². The number of methoxy groups -OCH3 is 1. The lowest BCUT2D eigenvalue weighted by molar-refractivity contribution is -0.149. The number of pyridine rings is 2. The lowest BCUT2D eigenvalue weighted by Crippen LogP contribution is -2.63. The molecule has 2 aromatic heterocycles. The first-order valence-corrected chi connectivity index (χ1v) is 8.65. The molecule has 1 N–H and O–H groups in total. The van der Waals surface area contributed by atoms with Gasteiger partial charge in [-0.25, -0.2) is 9.99 Å². The Bertz CT molecular complexity index is 1030. The number of rotatable bonds is 4. The summed E-state index contributed by atoms with van der Waals surface area (Å²) in [6.45, 7) is 0. The number of β-lactam (4-membered cyclic amide) rings is 1. The third-order valence-corrected chi connectivity index (χ3v) is 4.85. The van der Waals surface area contributed by atoms with Crippen LogP contribution >= 0.6 is 11.6 Å². The van der Waals surface area contributed by atoms with Crippen LogP contribution in [0.1, 0.15) is 22.0 Å². The van der Waals surface area contributed by atoms with E-state index < -0.39 is 17.3 Å². The predicted octanol–water partition coefficient (Wildman–Crippen LogP) is 2.47. The van der Waals surface area contributed by atoms with Crippen LogP contribution in [0.2, 0.25) is 0 Å². The van der Waals surface area contributed by atoms with E-state index in [1.165, 1.54) is 24.5 Å². The molecule has 1 aliphatic heterocycles. The van der Waals surface area contributed by atoms with Gasteiger partial charge in [0.2, 0.25) is 5.88 Å². The molecule has 1 aliphatic rings. The highest BCUT2D eigenvalue weighted by Gasteiger charge is 2.50. The zero-order chi connectivity index (χ0) is 19.0. The van der Waals surface area contributed by atoms with Crippen molar-refractivity contribution in [1.82, 2.24) is 20.4 Å². The van der Waals surface area contributed by atoms with Crippen LogP contribution in [0, 0.1) is 0 Å². The second kappa shape index (κ2) is 6.85. The molecule has 27 heavy (non-hydrogen) atoms. The molecule has 136 valence electrons. The number of nitrogens with one attached hydrogen (secondary N) is 1. The van der Waals surface area contributed by atoms with E-state index in [2.05, 4.69) is 15.4 Å². The SMILES string of the molecule is COc1nc2ccccc2cc1C1C(Cl)C(=O)N1NC(=O)c1ccncc1. The fraction of sp³-hybridized carbons (Fsp3) is 0.158. The fourth-order valence-electron chi connectivity index (χ4n) is 3.04. The van der Waals surface area contributed by atoms with Crippen molar-refractivity contribution >= 4 is 34.3 Å². The van der Waals surface area contributed by atoms with Crippen molar-refractivity contribution in [1.29, 1.82) is 0 Å². The zero-order valence-electron chi connectivity index (χ0n) is 14.3. The summed E-state index contributed by atoms with van der Waals surface area (Å²) in [5.41, 5.74) is 4.39.